The number of aryl methyl sites for hydroxylation is 1. The van der Waals surface area contributed by atoms with Gasteiger partial charge in [-0.05, 0) is 43.4 Å². The lowest BCUT2D eigenvalue weighted by atomic mass is 10.1. The van der Waals surface area contributed by atoms with Gasteiger partial charge < -0.3 is 20.5 Å². The van der Waals surface area contributed by atoms with E-state index in [4.69, 9.17) is 4.74 Å². The molecule has 0 radical (unpaired) electrons. The molecule has 5 nitrogen and oxygen atoms in total. The summed E-state index contributed by atoms with van der Waals surface area (Å²) in [5.74, 6) is 1.15. The highest BCUT2D eigenvalue weighted by atomic mass is 127. The van der Waals surface area contributed by atoms with Gasteiger partial charge in [0.05, 0.1) is 6.10 Å². The molecule has 0 amide bonds. The predicted octanol–water partition coefficient (Wildman–Crippen LogP) is 2.29. The second-order valence-electron chi connectivity index (χ2n) is 5.28. The van der Waals surface area contributed by atoms with Crippen molar-refractivity contribution in [2.45, 2.75) is 31.8 Å². The topological polar surface area (TPSA) is 65.9 Å². The highest BCUT2D eigenvalue weighted by Gasteiger charge is 2.15. The monoisotopic (exact) mass is 419 g/mol. The van der Waals surface area contributed by atoms with Crippen LogP contribution in [-0.4, -0.2) is 43.9 Å². The van der Waals surface area contributed by atoms with Crippen molar-refractivity contribution < 1.29 is 9.84 Å². The molecule has 0 bridgehead atoms. The Morgan fingerprint density at radius 1 is 1.32 bits per heavy atom. The fourth-order valence-electron chi connectivity index (χ4n) is 2.40. The van der Waals surface area contributed by atoms with E-state index < -0.39 is 0 Å². The highest BCUT2D eigenvalue weighted by Crippen LogP contribution is 2.11. The molecule has 0 spiro atoms. The second kappa shape index (κ2) is 10.7. The van der Waals surface area contributed by atoms with Crippen LogP contribution in [0.2, 0.25) is 0 Å². The van der Waals surface area contributed by atoms with Gasteiger partial charge in [-0.2, -0.15) is 0 Å². The summed E-state index contributed by atoms with van der Waals surface area (Å²) >= 11 is 0. The molecule has 1 aliphatic heterocycles. The zero-order chi connectivity index (χ0) is 14.9. The summed E-state index contributed by atoms with van der Waals surface area (Å²) in [5, 5.41) is 15.8. The maximum absolute atomic E-state index is 9.24. The quantitative estimate of drug-likeness (QED) is 0.287. The fraction of sp³-hybridized carbons (Fsp3) is 0.562. The Bertz CT molecular complexity index is 445. The zero-order valence-corrected chi connectivity index (χ0v) is 15.4. The zero-order valence-electron chi connectivity index (χ0n) is 13.0. The van der Waals surface area contributed by atoms with Crippen LogP contribution in [0, 0.1) is 0 Å². The molecule has 124 valence electrons. The van der Waals surface area contributed by atoms with Crippen molar-refractivity contribution in [1.29, 1.82) is 0 Å². The third kappa shape index (κ3) is 6.83. The van der Waals surface area contributed by atoms with Gasteiger partial charge in [0.25, 0.3) is 0 Å². The summed E-state index contributed by atoms with van der Waals surface area (Å²) in [4.78, 5) is 4.21. The summed E-state index contributed by atoms with van der Waals surface area (Å²) in [6.07, 6.45) is 4.61. The van der Waals surface area contributed by atoms with Crippen molar-refractivity contribution in [2.24, 2.45) is 4.99 Å². The highest BCUT2D eigenvalue weighted by molar-refractivity contribution is 14.0. The number of guanidine groups is 1. The van der Waals surface area contributed by atoms with Crippen LogP contribution in [0.5, 0.6) is 5.75 Å². The van der Waals surface area contributed by atoms with E-state index in [9.17, 15) is 5.11 Å². The number of phenolic OH excluding ortho intramolecular Hbond substituents is 1. The summed E-state index contributed by atoms with van der Waals surface area (Å²) < 4.78 is 5.58. The van der Waals surface area contributed by atoms with E-state index in [1.165, 1.54) is 5.56 Å². The van der Waals surface area contributed by atoms with E-state index in [2.05, 4.69) is 15.6 Å². The molecule has 0 aromatic heterocycles. The van der Waals surface area contributed by atoms with Gasteiger partial charge in [0.1, 0.15) is 5.75 Å². The van der Waals surface area contributed by atoms with E-state index in [1.54, 1.807) is 19.2 Å². The van der Waals surface area contributed by atoms with Crippen LogP contribution < -0.4 is 10.6 Å². The number of phenols is 1. The molecule has 6 heteroatoms. The summed E-state index contributed by atoms with van der Waals surface area (Å²) in [6.45, 7) is 2.56. The van der Waals surface area contributed by atoms with Gasteiger partial charge in [-0.3, -0.25) is 4.99 Å². The molecule has 1 aromatic carbocycles. The summed E-state index contributed by atoms with van der Waals surface area (Å²) in [7, 11) is 1.78. The van der Waals surface area contributed by atoms with Crippen molar-refractivity contribution in [1.82, 2.24) is 10.6 Å². The van der Waals surface area contributed by atoms with Crippen molar-refractivity contribution in [3.8, 4) is 5.75 Å². The first-order chi connectivity index (χ1) is 10.3. The van der Waals surface area contributed by atoms with Crippen molar-refractivity contribution in [3.63, 3.8) is 0 Å². The van der Waals surface area contributed by atoms with Crippen molar-refractivity contribution >= 4 is 29.9 Å². The minimum Gasteiger partial charge on any atom is -0.508 e. The molecule has 0 aliphatic carbocycles. The van der Waals surface area contributed by atoms with Gasteiger partial charge in [-0.15, -0.1) is 24.0 Å². The molecule has 1 heterocycles. The van der Waals surface area contributed by atoms with Gasteiger partial charge in [0.15, 0.2) is 5.96 Å². The Labute approximate surface area is 149 Å². The van der Waals surface area contributed by atoms with Gasteiger partial charge in [0, 0.05) is 26.7 Å². The van der Waals surface area contributed by atoms with E-state index in [0.29, 0.717) is 11.9 Å². The number of benzene rings is 1. The third-order valence-electron chi connectivity index (χ3n) is 3.62. The van der Waals surface area contributed by atoms with Crippen molar-refractivity contribution in [2.75, 3.05) is 26.7 Å². The largest absolute Gasteiger partial charge is 0.508 e. The molecule has 1 atom stereocenters. The summed E-state index contributed by atoms with van der Waals surface area (Å²) in [6, 6.07) is 7.37. The number of nitrogens with zero attached hydrogens (tertiary/aromatic N) is 1. The Morgan fingerprint density at radius 2 is 2.09 bits per heavy atom. The second-order valence-corrected chi connectivity index (χ2v) is 5.28. The molecule has 22 heavy (non-hydrogen) atoms. The Morgan fingerprint density at radius 3 is 2.73 bits per heavy atom. The molecule has 1 aliphatic rings. The predicted molar refractivity (Wildman–Crippen MR) is 100 cm³/mol. The number of rotatable bonds is 6. The first-order valence-electron chi connectivity index (χ1n) is 7.62. The first kappa shape index (κ1) is 19.0. The lowest BCUT2D eigenvalue weighted by molar-refractivity contribution is 0.114. The fourth-order valence-corrected chi connectivity index (χ4v) is 2.40. The maximum atomic E-state index is 9.24. The van der Waals surface area contributed by atoms with Crippen LogP contribution in [-0.2, 0) is 11.2 Å². The number of aliphatic imine (C=N–C) groups is 1. The Kier molecular flexibility index (Phi) is 9.22. The summed E-state index contributed by atoms with van der Waals surface area (Å²) in [5.41, 5.74) is 1.23. The molecule has 1 saturated heterocycles. The third-order valence-corrected chi connectivity index (χ3v) is 3.62. The van der Waals surface area contributed by atoms with Crippen LogP contribution in [0.15, 0.2) is 29.3 Å². The van der Waals surface area contributed by atoms with Crippen LogP contribution in [0.4, 0.5) is 0 Å². The molecular weight excluding hydrogens is 393 g/mol. The van der Waals surface area contributed by atoms with E-state index in [-0.39, 0.29) is 24.0 Å². The minimum absolute atomic E-state index is 0. The van der Waals surface area contributed by atoms with E-state index in [1.807, 2.05) is 12.1 Å². The number of hydrogen-bond donors (Lipinski definition) is 3. The smallest absolute Gasteiger partial charge is 0.191 e. The standard InChI is InChI=1S/C16H25N3O2.HI/c1-17-16(19-12-15-5-3-11-21-15)18-10-2-4-13-6-8-14(20)9-7-13;/h6-9,15,20H,2-5,10-12H2,1H3,(H2,17,18,19);1H. The average Bonchev–Trinajstić information content (AvgIpc) is 3.02. The molecule has 3 N–H and O–H groups in total. The van der Waals surface area contributed by atoms with E-state index in [0.717, 1.165) is 51.3 Å². The van der Waals surface area contributed by atoms with Crippen LogP contribution in [0.3, 0.4) is 0 Å². The number of halogens is 1. The molecule has 1 fully saturated rings. The van der Waals surface area contributed by atoms with Crippen LogP contribution >= 0.6 is 24.0 Å². The Hall–Kier alpha value is -1.02. The first-order valence-corrected chi connectivity index (χ1v) is 7.62. The molecule has 0 saturated carbocycles. The van der Waals surface area contributed by atoms with Gasteiger partial charge >= 0.3 is 0 Å². The number of ether oxygens (including phenoxy) is 1. The minimum atomic E-state index is 0. The lowest BCUT2D eigenvalue weighted by Crippen LogP contribution is -2.41. The molecule has 1 aromatic rings. The van der Waals surface area contributed by atoms with E-state index >= 15 is 0 Å². The molecule has 1 unspecified atom stereocenters. The molecular formula is C16H26IN3O2. The average molecular weight is 419 g/mol. The Balaban J connectivity index is 0.00000242. The SMILES string of the molecule is CN=C(NCCCc1ccc(O)cc1)NCC1CCCO1.I. The number of hydrogen-bond acceptors (Lipinski definition) is 3. The van der Waals surface area contributed by atoms with Crippen LogP contribution in [0.1, 0.15) is 24.8 Å². The maximum Gasteiger partial charge on any atom is 0.191 e. The normalized spacial score (nSPS) is 17.9. The van der Waals surface area contributed by atoms with Gasteiger partial charge in [0.2, 0.25) is 0 Å². The lowest BCUT2D eigenvalue weighted by Gasteiger charge is -2.15. The number of nitrogens with one attached hydrogen (secondary N) is 2. The van der Waals surface area contributed by atoms with Gasteiger partial charge in [-0.1, -0.05) is 12.1 Å². The van der Waals surface area contributed by atoms with Crippen molar-refractivity contribution in [3.05, 3.63) is 29.8 Å². The molecule has 2 rings (SSSR count). The number of aromatic hydroxyl groups is 1. The van der Waals surface area contributed by atoms with Crippen LogP contribution in [0.25, 0.3) is 0 Å². The van der Waals surface area contributed by atoms with Gasteiger partial charge in [-0.25, -0.2) is 0 Å².